The average molecular weight is 291 g/mol. The molecule has 0 aliphatic carbocycles. The third kappa shape index (κ3) is 2.49. The molecule has 1 aromatic carbocycles. The van der Waals surface area contributed by atoms with Crippen molar-refractivity contribution < 1.29 is 14.3 Å². The maximum absolute atomic E-state index is 12.6. The maximum atomic E-state index is 12.6. The van der Waals surface area contributed by atoms with Crippen LogP contribution in [0, 0.1) is 13.8 Å². The molecule has 0 aliphatic heterocycles. The number of carbonyl (C=O) groups is 1. The molecule has 2 N–H and O–H groups in total. The molecule has 2 rings (SSSR count). The molecule has 0 bridgehead atoms. The van der Waals surface area contributed by atoms with Crippen molar-refractivity contribution in [3.63, 3.8) is 0 Å². The van der Waals surface area contributed by atoms with Gasteiger partial charge in [0.15, 0.2) is 11.5 Å². The molecule has 0 saturated carbocycles. The lowest BCUT2D eigenvalue weighted by atomic mass is 10.0. The lowest BCUT2D eigenvalue weighted by Crippen LogP contribution is -2.06. The Labute approximate surface area is 122 Å². The fourth-order valence-electron chi connectivity index (χ4n) is 2.08. The van der Waals surface area contributed by atoms with Gasteiger partial charge < -0.3 is 15.2 Å². The summed E-state index contributed by atoms with van der Waals surface area (Å²) in [4.78, 5) is 14.4. The summed E-state index contributed by atoms with van der Waals surface area (Å²) in [7, 11) is 3.06. The molecular weight excluding hydrogens is 274 g/mol. The van der Waals surface area contributed by atoms with Crippen molar-refractivity contribution in [3.05, 3.63) is 39.1 Å². The minimum atomic E-state index is -0.0842. The second kappa shape index (κ2) is 5.54. The van der Waals surface area contributed by atoms with Crippen LogP contribution in [0.15, 0.2) is 18.2 Å². The van der Waals surface area contributed by atoms with Gasteiger partial charge in [0, 0.05) is 16.6 Å². The van der Waals surface area contributed by atoms with Crippen molar-refractivity contribution in [2.24, 2.45) is 0 Å². The topological polar surface area (TPSA) is 61.5 Å². The van der Waals surface area contributed by atoms with E-state index in [2.05, 4.69) is 0 Å². The number of carbonyl (C=O) groups excluding carboxylic acids is 1. The van der Waals surface area contributed by atoms with E-state index >= 15 is 0 Å². The van der Waals surface area contributed by atoms with Crippen LogP contribution in [-0.4, -0.2) is 20.0 Å². The van der Waals surface area contributed by atoms with Gasteiger partial charge in [0.2, 0.25) is 5.78 Å². The highest BCUT2D eigenvalue weighted by molar-refractivity contribution is 7.14. The van der Waals surface area contributed by atoms with Gasteiger partial charge in [0.25, 0.3) is 0 Å². The third-order valence-corrected chi connectivity index (χ3v) is 4.20. The van der Waals surface area contributed by atoms with Gasteiger partial charge in [-0.3, -0.25) is 4.79 Å². The van der Waals surface area contributed by atoms with E-state index in [9.17, 15) is 4.79 Å². The van der Waals surface area contributed by atoms with Gasteiger partial charge in [0.05, 0.1) is 24.7 Å². The Morgan fingerprint density at radius 2 is 1.70 bits per heavy atom. The van der Waals surface area contributed by atoms with Crippen LogP contribution >= 0.6 is 11.3 Å². The number of anilines is 1. The van der Waals surface area contributed by atoms with Crippen LogP contribution in [0.3, 0.4) is 0 Å². The number of ether oxygens (including phenoxy) is 2. The molecular formula is C15H17NO3S. The molecule has 20 heavy (non-hydrogen) atoms. The summed E-state index contributed by atoms with van der Waals surface area (Å²) in [6.45, 7) is 3.90. The minimum Gasteiger partial charge on any atom is -0.493 e. The molecule has 0 atom stereocenters. The zero-order valence-electron chi connectivity index (χ0n) is 11.9. The second-order valence-electron chi connectivity index (χ2n) is 4.49. The van der Waals surface area contributed by atoms with Gasteiger partial charge in [-0.2, -0.15) is 0 Å². The lowest BCUT2D eigenvalue weighted by Gasteiger charge is -2.11. The Hall–Kier alpha value is -2.01. The quantitative estimate of drug-likeness (QED) is 0.694. The van der Waals surface area contributed by atoms with Crippen molar-refractivity contribution in [3.8, 4) is 11.5 Å². The molecule has 0 spiro atoms. The van der Waals surface area contributed by atoms with Gasteiger partial charge in [-0.05, 0) is 31.5 Å². The van der Waals surface area contributed by atoms with E-state index in [4.69, 9.17) is 15.2 Å². The molecule has 5 heteroatoms. The first-order valence-corrected chi connectivity index (χ1v) is 6.92. The summed E-state index contributed by atoms with van der Waals surface area (Å²) in [5, 5.41) is 0. The first kappa shape index (κ1) is 14.4. The number of hydrogen-bond acceptors (Lipinski definition) is 5. The Morgan fingerprint density at radius 1 is 1.10 bits per heavy atom. The van der Waals surface area contributed by atoms with Crippen molar-refractivity contribution in [2.45, 2.75) is 13.8 Å². The molecule has 0 amide bonds. The van der Waals surface area contributed by atoms with Crippen molar-refractivity contribution >= 4 is 22.8 Å². The number of ketones is 1. The molecule has 0 aliphatic rings. The summed E-state index contributed by atoms with van der Waals surface area (Å²) in [6, 6.07) is 5.24. The first-order chi connectivity index (χ1) is 9.47. The van der Waals surface area contributed by atoms with Gasteiger partial charge in [-0.25, -0.2) is 0 Å². The number of aryl methyl sites for hydroxylation is 2. The highest BCUT2D eigenvalue weighted by Crippen LogP contribution is 2.34. The molecule has 4 nitrogen and oxygen atoms in total. The van der Waals surface area contributed by atoms with Gasteiger partial charge >= 0.3 is 0 Å². The Balaban J connectivity index is 2.52. The van der Waals surface area contributed by atoms with Crippen LogP contribution in [-0.2, 0) is 0 Å². The SMILES string of the molecule is COc1cc(N)c(C(=O)c2sc(C)cc2C)cc1OC. The van der Waals surface area contributed by atoms with Crippen LogP contribution in [0.4, 0.5) is 5.69 Å². The van der Waals surface area contributed by atoms with Gasteiger partial charge in [0.1, 0.15) is 0 Å². The number of methoxy groups -OCH3 is 2. The Morgan fingerprint density at radius 3 is 2.20 bits per heavy atom. The van der Waals surface area contributed by atoms with Crippen LogP contribution in [0.2, 0.25) is 0 Å². The van der Waals surface area contributed by atoms with Crippen LogP contribution in [0.5, 0.6) is 11.5 Å². The number of thiophene rings is 1. The number of nitrogen functional groups attached to an aromatic ring is 1. The smallest absolute Gasteiger partial charge is 0.205 e. The van der Waals surface area contributed by atoms with E-state index in [-0.39, 0.29) is 5.78 Å². The van der Waals surface area contributed by atoms with E-state index < -0.39 is 0 Å². The van der Waals surface area contributed by atoms with E-state index in [1.165, 1.54) is 25.6 Å². The molecule has 0 radical (unpaired) electrons. The molecule has 1 aromatic heterocycles. The maximum Gasteiger partial charge on any atom is 0.205 e. The minimum absolute atomic E-state index is 0.0842. The zero-order valence-corrected chi connectivity index (χ0v) is 12.8. The average Bonchev–Trinajstić information content (AvgIpc) is 2.76. The number of hydrogen-bond donors (Lipinski definition) is 1. The lowest BCUT2D eigenvalue weighted by molar-refractivity contribution is 0.104. The summed E-state index contributed by atoms with van der Waals surface area (Å²) in [5.41, 5.74) is 7.75. The van der Waals surface area contributed by atoms with Gasteiger partial charge in [-0.1, -0.05) is 0 Å². The molecule has 0 unspecified atom stereocenters. The van der Waals surface area contributed by atoms with Gasteiger partial charge in [-0.15, -0.1) is 11.3 Å². The van der Waals surface area contributed by atoms with Crippen molar-refractivity contribution in [1.82, 2.24) is 0 Å². The fraction of sp³-hybridized carbons (Fsp3) is 0.267. The highest BCUT2D eigenvalue weighted by Gasteiger charge is 2.19. The molecule has 106 valence electrons. The van der Waals surface area contributed by atoms with Crippen LogP contribution < -0.4 is 15.2 Å². The van der Waals surface area contributed by atoms with Crippen LogP contribution in [0.1, 0.15) is 25.7 Å². The number of nitrogens with two attached hydrogens (primary N) is 1. The van der Waals surface area contributed by atoms with E-state index in [0.29, 0.717) is 27.6 Å². The van der Waals surface area contributed by atoms with E-state index in [0.717, 1.165) is 10.4 Å². The predicted octanol–water partition coefficient (Wildman–Crippen LogP) is 3.20. The normalized spacial score (nSPS) is 10.4. The van der Waals surface area contributed by atoms with E-state index in [1.807, 2.05) is 19.9 Å². The van der Waals surface area contributed by atoms with E-state index in [1.54, 1.807) is 12.1 Å². The predicted molar refractivity (Wildman–Crippen MR) is 81.2 cm³/mol. The van der Waals surface area contributed by atoms with Crippen molar-refractivity contribution in [2.75, 3.05) is 20.0 Å². The molecule has 0 saturated heterocycles. The second-order valence-corrected chi connectivity index (χ2v) is 5.75. The first-order valence-electron chi connectivity index (χ1n) is 6.11. The molecule has 1 heterocycles. The monoisotopic (exact) mass is 291 g/mol. The Kier molecular flexibility index (Phi) is 3.99. The summed E-state index contributed by atoms with van der Waals surface area (Å²) < 4.78 is 10.4. The Bertz CT molecular complexity index is 661. The van der Waals surface area contributed by atoms with Crippen LogP contribution in [0.25, 0.3) is 0 Å². The zero-order chi connectivity index (χ0) is 14.9. The third-order valence-electron chi connectivity index (χ3n) is 3.05. The highest BCUT2D eigenvalue weighted by atomic mass is 32.1. The fourth-order valence-corrected chi connectivity index (χ4v) is 3.06. The summed E-state index contributed by atoms with van der Waals surface area (Å²) in [6.07, 6.45) is 0. The molecule has 2 aromatic rings. The summed E-state index contributed by atoms with van der Waals surface area (Å²) >= 11 is 1.47. The standard InChI is InChI=1S/C15H17NO3S/c1-8-5-9(2)20-15(8)14(17)10-6-12(18-3)13(19-4)7-11(10)16/h5-7H,16H2,1-4H3. The largest absolute Gasteiger partial charge is 0.493 e. The number of benzene rings is 1. The van der Waals surface area contributed by atoms with Crippen molar-refractivity contribution in [1.29, 1.82) is 0 Å². The molecule has 0 fully saturated rings. The number of rotatable bonds is 4. The summed E-state index contributed by atoms with van der Waals surface area (Å²) in [5.74, 6) is 0.927.